The number of hydrogen-bond donors (Lipinski definition) is 1. The number of fused-ring (bicyclic) bond motifs is 1. The minimum absolute atomic E-state index is 0.167. The Morgan fingerprint density at radius 1 is 1.19 bits per heavy atom. The third-order valence-corrected chi connectivity index (χ3v) is 4.73. The van der Waals surface area contributed by atoms with Crippen LogP contribution in [0.1, 0.15) is 11.1 Å². The highest BCUT2D eigenvalue weighted by Crippen LogP contribution is 2.18. The highest BCUT2D eigenvalue weighted by Gasteiger charge is 2.15. The maximum atomic E-state index is 12.3. The van der Waals surface area contributed by atoms with E-state index in [0.29, 0.717) is 11.1 Å². The minimum Gasteiger partial charge on any atom is -0.443 e. The van der Waals surface area contributed by atoms with Crippen molar-refractivity contribution in [2.75, 3.05) is 0 Å². The smallest absolute Gasteiger partial charge is 0.241 e. The number of nitrogens with zero attached hydrogens (tertiary/aromatic N) is 1. The standard InChI is InChI=1S/C15H14N2O3S/c1-11-4-2-3-5-12(11)9-17-21(18,19)13-6-7-14-15(8-13)20-10-16-14/h2-8,10,17H,9H2,1H3. The van der Waals surface area contributed by atoms with Crippen LogP contribution in [-0.4, -0.2) is 13.4 Å². The van der Waals surface area contributed by atoms with Gasteiger partial charge in [0.05, 0.1) is 4.90 Å². The summed E-state index contributed by atoms with van der Waals surface area (Å²) in [5.41, 5.74) is 3.08. The molecule has 0 fully saturated rings. The van der Waals surface area contributed by atoms with Crippen molar-refractivity contribution in [2.45, 2.75) is 18.4 Å². The van der Waals surface area contributed by atoms with Crippen LogP contribution in [0.15, 0.2) is 58.2 Å². The maximum Gasteiger partial charge on any atom is 0.241 e. The molecule has 3 rings (SSSR count). The number of hydrogen-bond acceptors (Lipinski definition) is 4. The molecule has 3 aromatic rings. The number of sulfonamides is 1. The molecule has 0 radical (unpaired) electrons. The Morgan fingerprint density at radius 2 is 2.00 bits per heavy atom. The summed E-state index contributed by atoms with van der Waals surface area (Å²) < 4.78 is 32.4. The molecule has 1 heterocycles. The van der Waals surface area contributed by atoms with Crippen molar-refractivity contribution in [3.63, 3.8) is 0 Å². The first kappa shape index (κ1) is 13.8. The third kappa shape index (κ3) is 2.81. The second-order valence-corrected chi connectivity index (χ2v) is 6.50. The lowest BCUT2D eigenvalue weighted by Gasteiger charge is -2.08. The molecule has 1 aromatic heterocycles. The molecule has 0 spiro atoms. The summed E-state index contributed by atoms with van der Waals surface area (Å²) in [7, 11) is -3.58. The van der Waals surface area contributed by atoms with E-state index in [4.69, 9.17) is 4.42 Å². The zero-order chi connectivity index (χ0) is 14.9. The molecule has 5 nitrogen and oxygen atoms in total. The van der Waals surface area contributed by atoms with E-state index in [-0.39, 0.29) is 11.4 Å². The number of nitrogens with one attached hydrogen (secondary N) is 1. The molecule has 0 bridgehead atoms. The lowest BCUT2D eigenvalue weighted by Crippen LogP contribution is -2.23. The van der Waals surface area contributed by atoms with Gasteiger partial charge < -0.3 is 4.42 Å². The average Bonchev–Trinajstić information content (AvgIpc) is 2.94. The molecule has 0 aliphatic carbocycles. The van der Waals surface area contributed by atoms with Gasteiger partial charge in [-0.15, -0.1) is 0 Å². The van der Waals surface area contributed by atoms with Gasteiger partial charge in [0.15, 0.2) is 12.0 Å². The van der Waals surface area contributed by atoms with Crippen molar-refractivity contribution in [3.8, 4) is 0 Å². The van der Waals surface area contributed by atoms with E-state index in [2.05, 4.69) is 9.71 Å². The Kier molecular flexibility index (Phi) is 3.48. The van der Waals surface area contributed by atoms with Gasteiger partial charge in [0.2, 0.25) is 10.0 Å². The highest BCUT2D eigenvalue weighted by atomic mass is 32.2. The van der Waals surface area contributed by atoms with E-state index in [0.717, 1.165) is 11.1 Å². The van der Waals surface area contributed by atoms with Gasteiger partial charge in [-0.1, -0.05) is 24.3 Å². The molecule has 0 amide bonds. The van der Waals surface area contributed by atoms with E-state index in [9.17, 15) is 8.42 Å². The fourth-order valence-corrected chi connectivity index (χ4v) is 3.09. The predicted molar refractivity (Wildman–Crippen MR) is 79.2 cm³/mol. The summed E-state index contributed by atoms with van der Waals surface area (Å²) >= 11 is 0. The SMILES string of the molecule is Cc1ccccc1CNS(=O)(=O)c1ccc2ncoc2c1. The monoisotopic (exact) mass is 302 g/mol. The van der Waals surface area contributed by atoms with E-state index in [1.165, 1.54) is 18.5 Å². The van der Waals surface area contributed by atoms with Crippen molar-refractivity contribution in [1.29, 1.82) is 0 Å². The van der Waals surface area contributed by atoms with Crippen LogP contribution in [0.4, 0.5) is 0 Å². The number of aromatic nitrogens is 1. The Hall–Kier alpha value is -2.18. The molecule has 1 N–H and O–H groups in total. The van der Waals surface area contributed by atoms with Gasteiger partial charge in [0.1, 0.15) is 5.52 Å². The second-order valence-electron chi connectivity index (χ2n) is 4.73. The Labute approximate surface area is 122 Å². The normalized spacial score (nSPS) is 11.9. The topological polar surface area (TPSA) is 72.2 Å². The van der Waals surface area contributed by atoms with Crippen molar-refractivity contribution in [3.05, 3.63) is 60.0 Å². The van der Waals surface area contributed by atoms with Crippen molar-refractivity contribution in [2.24, 2.45) is 0 Å². The first-order chi connectivity index (χ1) is 10.1. The first-order valence-corrected chi connectivity index (χ1v) is 7.92. The maximum absolute atomic E-state index is 12.3. The predicted octanol–water partition coefficient (Wildman–Crippen LogP) is 2.61. The lowest BCUT2D eigenvalue weighted by atomic mass is 10.1. The molecule has 0 aliphatic rings. The number of rotatable bonds is 4. The van der Waals surface area contributed by atoms with Gasteiger partial charge in [-0.3, -0.25) is 0 Å². The van der Waals surface area contributed by atoms with E-state index < -0.39 is 10.0 Å². The van der Waals surface area contributed by atoms with Gasteiger partial charge in [-0.25, -0.2) is 18.1 Å². The van der Waals surface area contributed by atoms with Gasteiger partial charge in [0, 0.05) is 12.6 Å². The molecule has 108 valence electrons. The molecule has 6 heteroatoms. The molecule has 0 aliphatic heterocycles. The third-order valence-electron chi connectivity index (χ3n) is 3.33. The molecule has 21 heavy (non-hydrogen) atoms. The van der Waals surface area contributed by atoms with Crippen molar-refractivity contribution >= 4 is 21.1 Å². The Balaban J connectivity index is 1.85. The van der Waals surface area contributed by atoms with Gasteiger partial charge in [-0.2, -0.15) is 0 Å². The zero-order valence-electron chi connectivity index (χ0n) is 11.4. The van der Waals surface area contributed by atoms with Crippen LogP contribution in [0.2, 0.25) is 0 Å². The fourth-order valence-electron chi connectivity index (χ4n) is 2.07. The zero-order valence-corrected chi connectivity index (χ0v) is 12.2. The molecule has 0 unspecified atom stereocenters. The summed E-state index contributed by atoms with van der Waals surface area (Å²) in [6, 6.07) is 12.3. The average molecular weight is 302 g/mol. The van der Waals surface area contributed by atoms with Crippen LogP contribution in [0.5, 0.6) is 0 Å². The fraction of sp³-hybridized carbons (Fsp3) is 0.133. The summed E-state index contributed by atoms with van der Waals surface area (Å²) in [6.45, 7) is 2.20. The van der Waals surface area contributed by atoms with E-state index in [1.807, 2.05) is 31.2 Å². The quantitative estimate of drug-likeness (QED) is 0.804. The summed E-state index contributed by atoms with van der Waals surface area (Å²) in [6.07, 6.45) is 1.29. The lowest BCUT2D eigenvalue weighted by molar-refractivity contribution is 0.579. The largest absolute Gasteiger partial charge is 0.443 e. The van der Waals surface area contributed by atoms with Gasteiger partial charge in [0.25, 0.3) is 0 Å². The van der Waals surface area contributed by atoms with Crippen LogP contribution < -0.4 is 4.72 Å². The molecular formula is C15H14N2O3S. The minimum atomic E-state index is -3.58. The van der Waals surface area contributed by atoms with E-state index in [1.54, 1.807) is 6.07 Å². The number of aryl methyl sites for hydroxylation is 1. The summed E-state index contributed by atoms with van der Waals surface area (Å²) in [4.78, 5) is 4.13. The van der Waals surface area contributed by atoms with Crippen LogP contribution in [0, 0.1) is 6.92 Å². The molecule has 0 saturated carbocycles. The molecule has 2 aromatic carbocycles. The Bertz CT molecular complexity index is 885. The van der Waals surface area contributed by atoms with Crippen molar-refractivity contribution in [1.82, 2.24) is 9.71 Å². The first-order valence-electron chi connectivity index (χ1n) is 6.44. The number of benzene rings is 2. The van der Waals surface area contributed by atoms with Crippen LogP contribution in [0.25, 0.3) is 11.1 Å². The second kappa shape index (κ2) is 5.31. The molecular weight excluding hydrogens is 288 g/mol. The van der Waals surface area contributed by atoms with E-state index >= 15 is 0 Å². The van der Waals surface area contributed by atoms with Crippen LogP contribution in [0.3, 0.4) is 0 Å². The highest BCUT2D eigenvalue weighted by molar-refractivity contribution is 7.89. The summed E-state index contributed by atoms with van der Waals surface area (Å²) in [5.74, 6) is 0. The van der Waals surface area contributed by atoms with Gasteiger partial charge >= 0.3 is 0 Å². The Morgan fingerprint density at radius 3 is 2.81 bits per heavy atom. The van der Waals surface area contributed by atoms with Crippen LogP contribution >= 0.6 is 0 Å². The number of oxazole rings is 1. The van der Waals surface area contributed by atoms with Crippen LogP contribution in [-0.2, 0) is 16.6 Å². The van der Waals surface area contributed by atoms with Crippen molar-refractivity contribution < 1.29 is 12.8 Å². The van der Waals surface area contributed by atoms with Gasteiger partial charge in [-0.05, 0) is 30.2 Å². The molecule has 0 saturated heterocycles. The summed E-state index contributed by atoms with van der Waals surface area (Å²) in [5, 5.41) is 0. The molecule has 0 atom stereocenters.